The summed E-state index contributed by atoms with van der Waals surface area (Å²) in [5, 5.41) is 0. The van der Waals surface area contributed by atoms with E-state index in [1.54, 1.807) is 13.2 Å². The molecule has 0 bridgehead atoms. The SMILES string of the molecule is C=C(/C=C\C(=C)C(=C)/C=C(/CC)C(=C)C(=C)/C=C\C(=C)OC)CC.CCC. The lowest BCUT2D eigenvalue weighted by atomic mass is 9.94. The van der Waals surface area contributed by atoms with Gasteiger partial charge in [-0.2, -0.15) is 0 Å². The van der Waals surface area contributed by atoms with Crippen molar-refractivity contribution in [3.05, 3.63) is 109 Å². The van der Waals surface area contributed by atoms with Crippen LogP contribution < -0.4 is 0 Å². The van der Waals surface area contributed by atoms with Gasteiger partial charge >= 0.3 is 0 Å². The van der Waals surface area contributed by atoms with Crippen LogP contribution in [0.1, 0.15) is 47.0 Å². The first-order valence-corrected chi connectivity index (χ1v) is 9.42. The van der Waals surface area contributed by atoms with E-state index < -0.39 is 0 Å². The third-order valence-electron chi connectivity index (χ3n) is 3.62. The second-order valence-corrected chi connectivity index (χ2v) is 6.13. The van der Waals surface area contributed by atoms with Crippen LogP contribution in [0.15, 0.2) is 109 Å². The van der Waals surface area contributed by atoms with Crippen LogP contribution in [0.25, 0.3) is 0 Å². The molecule has 0 aromatic heterocycles. The Labute approximate surface area is 168 Å². The third-order valence-corrected chi connectivity index (χ3v) is 3.62. The van der Waals surface area contributed by atoms with Gasteiger partial charge in [-0.25, -0.2) is 0 Å². The summed E-state index contributed by atoms with van der Waals surface area (Å²) >= 11 is 0. The van der Waals surface area contributed by atoms with Crippen molar-refractivity contribution >= 4 is 0 Å². The zero-order chi connectivity index (χ0) is 21.4. The van der Waals surface area contributed by atoms with Crippen molar-refractivity contribution in [1.82, 2.24) is 0 Å². The molecule has 0 aliphatic heterocycles. The van der Waals surface area contributed by atoms with Gasteiger partial charge in [-0.3, -0.25) is 0 Å². The fourth-order valence-corrected chi connectivity index (χ4v) is 1.72. The Bertz CT molecular complexity index is 648. The van der Waals surface area contributed by atoms with Gasteiger partial charge < -0.3 is 4.74 Å². The molecule has 0 aliphatic carbocycles. The Balaban J connectivity index is 0. The summed E-state index contributed by atoms with van der Waals surface area (Å²) < 4.78 is 5.01. The second kappa shape index (κ2) is 15.7. The van der Waals surface area contributed by atoms with E-state index >= 15 is 0 Å². The number of hydrogen-bond donors (Lipinski definition) is 0. The molecule has 0 N–H and O–H groups in total. The first kappa shape index (κ1) is 26.7. The van der Waals surface area contributed by atoms with Gasteiger partial charge in [0.05, 0.1) is 7.11 Å². The summed E-state index contributed by atoms with van der Waals surface area (Å²) in [4.78, 5) is 0. The van der Waals surface area contributed by atoms with Crippen molar-refractivity contribution in [2.75, 3.05) is 7.11 Å². The van der Waals surface area contributed by atoms with Crippen molar-refractivity contribution in [2.45, 2.75) is 47.0 Å². The Morgan fingerprint density at radius 2 is 1.22 bits per heavy atom. The number of rotatable bonds is 11. The van der Waals surface area contributed by atoms with Gasteiger partial charge in [-0.15, -0.1) is 0 Å². The van der Waals surface area contributed by atoms with Crippen LogP contribution in [0.3, 0.4) is 0 Å². The van der Waals surface area contributed by atoms with E-state index in [4.69, 9.17) is 4.74 Å². The molecule has 0 atom stereocenters. The Kier molecular flexibility index (Phi) is 15.5. The Hall–Kier alpha value is -2.54. The fraction of sp³-hybridized carbons (Fsp3) is 0.308. The minimum Gasteiger partial charge on any atom is -0.497 e. The molecular formula is C26H38O. The first-order valence-electron chi connectivity index (χ1n) is 9.42. The molecular weight excluding hydrogens is 328 g/mol. The van der Waals surface area contributed by atoms with Crippen LogP contribution in [0.5, 0.6) is 0 Å². The van der Waals surface area contributed by atoms with E-state index in [-0.39, 0.29) is 0 Å². The first-order chi connectivity index (χ1) is 12.7. The Morgan fingerprint density at radius 3 is 1.67 bits per heavy atom. The summed E-state index contributed by atoms with van der Waals surface area (Å²) in [6.07, 6.45) is 12.5. The van der Waals surface area contributed by atoms with E-state index in [9.17, 15) is 0 Å². The van der Waals surface area contributed by atoms with Crippen molar-refractivity contribution in [1.29, 1.82) is 0 Å². The normalized spacial score (nSPS) is 10.9. The maximum atomic E-state index is 5.01. The molecule has 0 spiro atoms. The lowest BCUT2D eigenvalue weighted by Crippen LogP contribution is -1.92. The third kappa shape index (κ3) is 12.4. The van der Waals surface area contributed by atoms with E-state index in [1.807, 2.05) is 24.3 Å². The average Bonchev–Trinajstić information content (AvgIpc) is 2.67. The van der Waals surface area contributed by atoms with E-state index in [0.717, 1.165) is 46.3 Å². The predicted molar refractivity (Wildman–Crippen MR) is 125 cm³/mol. The van der Waals surface area contributed by atoms with Crippen LogP contribution in [0.4, 0.5) is 0 Å². The lowest BCUT2D eigenvalue weighted by molar-refractivity contribution is 0.309. The van der Waals surface area contributed by atoms with Crippen molar-refractivity contribution < 1.29 is 4.74 Å². The number of ether oxygens (including phenoxy) is 1. The quantitative estimate of drug-likeness (QED) is 0.264. The molecule has 0 saturated heterocycles. The molecule has 148 valence electrons. The van der Waals surface area contributed by atoms with Crippen LogP contribution >= 0.6 is 0 Å². The van der Waals surface area contributed by atoms with Gasteiger partial charge in [0.15, 0.2) is 0 Å². The topological polar surface area (TPSA) is 9.23 Å². The van der Waals surface area contributed by atoms with E-state index in [2.05, 4.69) is 67.2 Å². The van der Waals surface area contributed by atoms with Crippen molar-refractivity contribution in [2.24, 2.45) is 0 Å². The summed E-state index contributed by atoms with van der Waals surface area (Å²) in [5.74, 6) is 0.574. The second-order valence-electron chi connectivity index (χ2n) is 6.13. The highest BCUT2D eigenvalue weighted by atomic mass is 16.5. The molecule has 0 amide bonds. The molecule has 27 heavy (non-hydrogen) atoms. The minimum absolute atomic E-state index is 0.574. The lowest BCUT2D eigenvalue weighted by Gasteiger charge is -2.11. The molecule has 0 fully saturated rings. The summed E-state index contributed by atoms with van der Waals surface area (Å²) in [6.45, 7) is 32.4. The van der Waals surface area contributed by atoms with Crippen LogP contribution in [-0.4, -0.2) is 7.11 Å². The highest BCUT2D eigenvalue weighted by Crippen LogP contribution is 2.24. The zero-order valence-electron chi connectivity index (χ0n) is 18.2. The van der Waals surface area contributed by atoms with Crippen LogP contribution in [0.2, 0.25) is 0 Å². The summed E-state index contributed by atoms with van der Waals surface area (Å²) in [7, 11) is 1.58. The van der Waals surface area contributed by atoms with Gasteiger partial charge in [0, 0.05) is 0 Å². The molecule has 1 nitrogen and oxygen atoms in total. The van der Waals surface area contributed by atoms with Crippen molar-refractivity contribution in [3.8, 4) is 0 Å². The van der Waals surface area contributed by atoms with Gasteiger partial charge in [-0.1, -0.05) is 103 Å². The predicted octanol–water partition coefficient (Wildman–Crippen LogP) is 8.20. The van der Waals surface area contributed by atoms with E-state index in [1.165, 1.54) is 6.42 Å². The maximum absolute atomic E-state index is 5.01. The molecule has 0 aromatic rings. The van der Waals surface area contributed by atoms with Gasteiger partial charge in [-0.05, 0) is 46.8 Å². The number of allylic oxidation sites excluding steroid dienone is 11. The number of methoxy groups -OCH3 is 1. The van der Waals surface area contributed by atoms with E-state index in [0.29, 0.717) is 5.76 Å². The maximum Gasteiger partial charge on any atom is 0.111 e. The zero-order valence-corrected chi connectivity index (χ0v) is 18.2. The Morgan fingerprint density at radius 1 is 0.704 bits per heavy atom. The fourth-order valence-electron chi connectivity index (χ4n) is 1.72. The van der Waals surface area contributed by atoms with Gasteiger partial charge in [0.1, 0.15) is 5.76 Å². The molecule has 1 heteroatoms. The van der Waals surface area contributed by atoms with Gasteiger partial charge in [0.25, 0.3) is 0 Å². The molecule has 0 aromatic carbocycles. The number of hydrogen-bond acceptors (Lipinski definition) is 1. The molecule has 0 rings (SSSR count). The summed E-state index contributed by atoms with van der Waals surface area (Å²) in [6, 6.07) is 0. The highest BCUT2D eigenvalue weighted by Gasteiger charge is 2.05. The minimum atomic E-state index is 0.574. The smallest absolute Gasteiger partial charge is 0.111 e. The monoisotopic (exact) mass is 366 g/mol. The van der Waals surface area contributed by atoms with Gasteiger partial charge in [0.2, 0.25) is 0 Å². The summed E-state index contributed by atoms with van der Waals surface area (Å²) in [5.41, 5.74) is 5.53. The highest BCUT2D eigenvalue weighted by molar-refractivity contribution is 5.54. The molecule has 0 unspecified atom stereocenters. The van der Waals surface area contributed by atoms with Crippen molar-refractivity contribution in [3.63, 3.8) is 0 Å². The van der Waals surface area contributed by atoms with Crippen LogP contribution in [-0.2, 0) is 4.74 Å². The standard InChI is InChI=1S/C23H30O.C3H8/c1-10-17(3)12-13-18(4)20(6)16-23(11-2)22(8)19(5)14-15-21(7)24-9;1-3-2/h12-16H,3-8,10-11H2,1-2,9H3;3H2,1-2H3/b13-12-,15-14-,23-16-;. The largest absolute Gasteiger partial charge is 0.497 e. The molecule has 0 saturated carbocycles. The molecule has 0 aliphatic rings. The molecule has 0 heterocycles. The molecule has 0 radical (unpaired) electrons. The van der Waals surface area contributed by atoms with Crippen LogP contribution in [0, 0.1) is 0 Å². The average molecular weight is 367 g/mol.